The summed E-state index contributed by atoms with van der Waals surface area (Å²) in [5, 5.41) is 0. The molecule has 0 aliphatic heterocycles. The van der Waals surface area contributed by atoms with Crippen LogP contribution < -0.4 is 0 Å². The van der Waals surface area contributed by atoms with E-state index in [2.05, 4.69) is 48.5 Å². The van der Waals surface area contributed by atoms with Gasteiger partial charge < -0.3 is 9.47 Å². The Hall–Kier alpha value is -0.0800. The number of rotatable bonds is 2. The average Bonchev–Trinajstić information content (AvgIpc) is 1.94. The molecule has 0 aromatic rings. The minimum Gasteiger partial charge on any atom is -0.344 e. The fourth-order valence-corrected chi connectivity index (χ4v) is 2.78. The molecule has 0 saturated heterocycles. The summed E-state index contributed by atoms with van der Waals surface area (Å²) in [4.78, 5) is 0. The van der Waals surface area contributed by atoms with Crippen molar-refractivity contribution in [2.24, 2.45) is 5.92 Å². The van der Waals surface area contributed by atoms with Crippen molar-refractivity contribution in [2.75, 3.05) is 0 Å². The summed E-state index contributed by atoms with van der Waals surface area (Å²) in [7, 11) is 0. The van der Waals surface area contributed by atoms with E-state index < -0.39 is 0 Å². The molecule has 1 atom stereocenters. The van der Waals surface area contributed by atoms with Gasteiger partial charge in [-0.2, -0.15) is 0 Å². The van der Waals surface area contributed by atoms with Gasteiger partial charge in [0.05, 0.1) is 11.2 Å². The Morgan fingerprint density at radius 3 is 1.76 bits per heavy atom. The van der Waals surface area contributed by atoms with E-state index in [0.29, 0.717) is 5.92 Å². The Bertz CT molecular complexity index is 229. The molecular formula is C15H30O2. The molecule has 0 heterocycles. The predicted molar refractivity (Wildman–Crippen MR) is 72.0 cm³/mol. The van der Waals surface area contributed by atoms with Crippen LogP contribution in [0.1, 0.15) is 74.1 Å². The summed E-state index contributed by atoms with van der Waals surface area (Å²) in [5.74, 6) is 0.308. The first kappa shape index (κ1) is 15.0. The molecule has 0 bridgehead atoms. The van der Waals surface area contributed by atoms with Gasteiger partial charge in [-0.25, -0.2) is 0 Å². The first-order valence-corrected chi connectivity index (χ1v) is 6.92. The van der Waals surface area contributed by atoms with Crippen molar-refractivity contribution in [3.8, 4) is 0 Å². The van der Waals surface area contributed by atoms with Gasteiger partial charge in [0.1, 0.15) is 0 Å². The van der Waals surface area contributed by atoms with Gasteiger partial charge in [0.2, 0.25) is 0 Å². The second kappa shape index (κ2) is 4.89. The van der Waals surface area contributed by atoms with E-state index in [4.69, 9.17) is 9.47 Å². The Morgan fingerprint density at radius 1 is 0.941 bits per heavy atom. The lowest BCUT2D eigenvalue weighted by molar-refractivity contribution is -0.326. The molecule has 0 aromatic heterocycles. The molecule has 1 rings (SSSR count). The van der Waals surface area contributed by atoms with Crippen molar-refractivity contribution >= 4 is 0 Å². The van der Waals surface area contributed by atoms with Crippen molar-refractivity contribution in [2.45, 2.75) is 91.1 Å². The van der Waals surface area contributed by atoms with Crippen molar-refractivity contribution < 1.29 is 9.47 Å². The minimum absolute atomic E-state index is 0.150. The first-order chi connectivity index (χ1) is 7.52. The SMILES string of the molecule is CC1CCCC(OC(C)(C)C)(OC(C)(C)C)C1. The van der Waals surface area contributed by atoms with Crippen LogP contribution in [0.5, 0.6) is 0 Å². The van der Waals surface area contributed by atoms with Crippen LogP contribution in [0.15, 0.2) is 0 Å². The molecule has 1 aliphatic carbocycles. The summed E-state index contributed by atoms with van der Waals surface area (Å²) in [6.07, 6.45) is 4.53. The third-order valence-corrected chi connectivity index (χ3v) is 2.90. The predicted octanol–water partition coefficient (Wildman–Crippen LogP) is 4.52. The van der Waals surface area contributed by atoms with Crippen molar-refractivity contribution in [1.29, 1.82) is 0 Å². The van der Waals surface area contributed by atoms with Gasteiger partial charge in [0, 0.05) is 12.8 Å². The summed E-state index contributed by atoms with van der Waals surface area (Å²) < 4.78 is 12.6. The second-order valence-electron chi connectivity index (χ2n) is 7.54. The van der Waals surface area contributed by atoms with E-state index in [1.165, 1.54) is 12.8 Å². The fourth-order valence-electron chi connectivity index (χ4n) is 2.78. The number of ether oxygens (including phenoxy) is 2. The van der Waals surface area contributed by atoms with Crippen LogP contribution in [-0.2, 0) is 9.47 Å². The Kier molecular flexibility index (Phi) is 4.31. The maximum Gasteiger partial charge on any atom is 0.169 e. The van der Waals surface area contributed by atoms with Crippen LogP contribution >= 0.6 is 0 Å². The van der Waals surface area contributed by atoms with Gasteiger partial charge in [-0.3, -0.25) is 0 Å². The molecule has 0 radical (unpaired) electrons. The van der Waals surface area contributed by atoms with Crippen LogP contribution in [-0.4, -0.2) is 17.0 Å². The van der Waals surface area contributed by atoms with Crippen LogP contribution in [0.2, 0.25) is 0 Å². The molecular weight excluding hydrogens is 212 g/mol. The minimum atomic E-state index is -0.381. The lowest BCUT2D eigenvalue weighted by Crippen LogP contribution is -2.49. The zero-order valence-corrected chi connectivity index (χ0v) is 12.7. The molecule has 0 N–H and O–H groups in total. The molecule has 1 aliphatic rings. The van der Waals surface area contributed by atoms with Gasteiger partial charge in [-0.1, -0.05) is 13.3 Å². The largest absolute Gasteiger partial charge is 0.344 e. The molecule has 1 fully saturated rings. The summed E-state index contributed by atoms with van der Waals surface area (Å²) in [6.45, 7) is 15.0. The van der Waals surface area contributed by atoms with Crippen LogP contribution in [0, 0.1) is 5.92 Å². The third kappa shape index (κ3) is 5.39. The molecule has 102 valence electrons. The summed E-state index contributed by atoms with van der Waals surface area (Å²) in [5.41, 5.74) is -0.301. The van der Waals surface area contributed by atoms with E-state index >= 15 is 0 Å². The van der Waals surface area contributed by atoms with Crippen molar-refractivity contribution in [3.63, 3.8) is 0 Å². The van der Waals surface area contributed by atoms with E-state index in [9.17, 15) is 0 Å². The van der Waals surface area contributed by atoms with Gasteiger partial charge in [0.25, 0.3) is 0 Å². The molecule has 0 amide bonds. The Labute approximate surface area is 107 Å². The quantitative estimate of drug-likeness (QED) is 0.663. The average molecular weight is 242 g/mol. The maximum atomic E-state index is 6.29. The van der Waals surface area contributed by atoms with E-state index in [1.807, 2.05) is 0 Å². The normalized spacial score (nSPS) is 25.9. The highest BCUT2D eigenvalue weighted by Gasteiger charge is 2.42. The lowest BCUT2D eigenvalue weighted by atomic mass is 9.85. The van der Waals surface area contributed by atoms with E-state index in [1.54, 1.807) is 0 Å². The molecule has 0 aromatic carbocycles. The fraction of sp³-hybridized carbons (Fsp3) is 1.00. The van der Waals surface area contributed by atoms with Crippen molar-refractivity contribution in [1.82, 2.24) is 0 Å². The Morgan fingerprint density at radius 2 is 1.41 bits per heavy atom. The maximum absolute atomic E-state index is 6.29. The topological polar surface area (TPSA) is 18.5 Å². The zero-order valence-electron chi connectivity index (χ0n) is 12.7. The van der Waals surface area contributed by atoms with Crippen LogP contribution in [0.4, 0.5) is 0 Å². The highest BCUT2D eigenvalue weighted by Crippen LogP contribution is 2.41. The second-order valence-corrected chi connectivity index (χ2v) is 7.54. The standard InChI is InChI=1S/C15H30O2/c1-12-9-8-10-15(11-12,16-13(2,3)4)17-14(5,6)7/h12H,8-11H2,1-7H3. The van der Waals surface area contributed by atoms with Gasteiger partial charge in [-0.15, -0.1) is 0 Å². The smallest absolute Gasteiger partial charge is 0.169 e. The third-order valence-electron chi connectivity index (χ3n) is 2.90. The van der Waals surface area contributed by atoms with E-state index in [-0.39, 0.29) is 17.0 Å². The first-order valence-electron chi connectivity index (χ1n) is 6.92. The molecule has 17 heavy (non-hydrogen) atoms. The van der Waals surface area contributed by atoms with Gasteiger partial charge in [-0.05, 0) is 53.9 Å². The molecule has 0 spiro atoms. The van der Waals surface area contributed by atoms with Gasteiger partial charge >= 0.3 is 0 Å². The monoisotopic (exact) mass is 242 g/mol. The number of hydrogen-bond donors (Lipinski definition) is 0. The Balaban J connectivity index is 2.84. The van der Waals surface area contributed by atoms with Gasteiger partial charge in [0.15, 0.2) is 5.79 Å². The molecule has 2 heteroatoms. The van der Waals surface area contributed by atoms with Crippen LogP contribution in [0.3, 0.4) is 0 Å². The van der Waals surface area contributed by atoms with E-state index in [0.717, 1.165) is 12.8 Å². The highest BCUT2D eigenvalue weighted by atomic mass is 16.7. The molecule has 2 nitrogen and oxygen atoms in total. The molecule has 1 unspecified atom stereocenters. The summed E-state index contributed by atoms with van der Waals surface area (Å²) in [6, 6.07) is 0. The lowest BCUT2D eigenvalue weighted by Gasteiger charge is -2.46. The zero-order chi connectivity index (χ0) is 13.3. The highest BCUT2D eigenvalue weighted by molar-refractivity contribution is 4.84. The van der Waals surface area contributed by atoms with Crippen molar-refractivity contribution in [3.05, 3.63) is 0 Å². The number of hydrogen-bond acceptors (Lipinski definition) is 2. The molecule has 1 saturated carbocycles. The van der Waals surface area contributed by atoms with Crippen LogP contribution in [0.25, 0.3) is 0 Å². The summed E-state index contributed by atoms with van der Waals surface area (Å²) >= 11 is 0.